The fourth-order valence-electron chi connectivity index (χ4n) is 6.58. The summed E-state index contributed by atoms with van der Waals surface area (Å²) >= 11 is 0. The van der Waals surface area contributed by atoms with Gasteiger partial charge in [0.2, 0.25) is 0 Å². The number of aliphatic hydroxyl groups is 1. The van der Waals surface area contributed by atoms with E-state index in [4.69, 9.17) is 4.74 Å². The summed E-state index contributed by atoms with van der Waals surface area (Å²) in [5.41, 5.74) is 1.67. The van der Waals surface area contributed by atoms with Gasteiger partial charge < -0.3 is 19.6 Å². The minimum atomic E-state index is -0.552. The number of nitrogens with one attached hydrogen (secondary N) is 1. The summed E-state index contributed by atoms with van der Waals surface area (Å²) in [6.45, 7) is 8.33. The zero-order valence-corrected chi connectivity index (χ0v) is 18.5. The number of quaternary nitrogens is 1. The molecule has 2 aliphatic carbocycles. The number of hydrogen-bond acceptors (Lipinski definition) is 4. The highest BCUT2D eigenvalue weighted by Gasteiger charge is 2.60. The van der Waals surface area contributed by atoms with Crippen molar-refractivity contribution in [2.45, 2.75) is 45.3 Å². The lowest BCUT2D eigenvalue weighted by atomic mass is 9.55. The van der Waals surface area contributed by atoms with E-state index >= 15 is 0 Å². The summed E-state index contributed by atoms with van der Waals surface area (Å²) in [6.07, 6.45) is 4.41. The summed E-state index contributed by atoms with van der Waals surface area (Å²) in [4.78, 5) is 16.3. The number of esters is 1. The van der Waals surface area contributed by atoms with Crippen LogP contribution in [0.1, 0.15) is 33.1 Å². The average molecular weight is 430 g/mol. The van der Waals surface area contributed by atoms with Crippen molar-refractivity contribution in [3.8, 4) is 0 Å². The highest BCUT2D eigenvalue weighted by atomic mass is 19.1. The second-order valence-corrected chi connectivity index (χ2v) is 10.2. The molecular weight excluding hydrogens is 395 g/mol. The van der Waals surface area contributed by atoms with Crippen LogP contribution >= 0.6 is 0 Å². The molecule has 31 heavy (non-hydrogen) atoms. The van der Waals surface area contributed by atoms with Crippen molar-refractivity contribution >= 4 is 11.7 Å². The Balaban J connectivity index is 1.28. The Bertz CT molecular complexity index is 881. The Hall–Kier alpha value is -1.92. The predicted molar refractivity (Wildman–Crippen MR) is 116 cm³/mol. The van der Waals surface area contributed by atoms with Gasteiger partial charge in [0.05, 0.1) is 44.5 Å². The highest BCUT2D eigenvalue weighted by Crippen LogP contribution is 2.55. The van der Waals surface area contributed by atoms with E-state index in [1.807, 2.05) is 12.1 Å². The van der Waals surface area contributed by atoms with Crippen molar-refractivity contribution in [2.75, 3.05) is 37.6 Å². The molecule has 2 N–H and O–H groups in total. The quantitative estimate of drug-likeness (QED) is 0.569. The SMILES string of the molecule is C[C@@H]1CCC=C2C[C@H]3OC(=O)[C@H](C[NH+]4CCN(c5ccccc5F)CC4)[C@H]3[C@@H](O)[C@@]21C. The van der Waals surface area contributed by atoms with Crippen molar-refractivity contribution in [1.29, 1.82) is 0 Å². The Kier molecular flexibility index (Phi) is 5.33. The van der Waals surface area contributed by atoms with Gasteiger partial charge in [-0.15, -0.1) is 0 Å². The van der Waals surface area contributed by atoms with Crippen LogP contribution in [0.5, 0.6) is 0 Å². The number of benzene rings is 1. The van der Waals surface area contributed by atoms with Gasteiger partial charge in [0.15, 0.2) is 0 Å². The summed E-state index contributed by atoms with van der Waals surface area (Å²) in [7, 11) is 0. The molecule has 0 spiro atoms. The molecule has 3 fully saturated rings. The van der Waals surface area contributed by atoms with Gasteiger partial charge >= 0.3 is 5.97 Å². The Labute approximate surface area is 183 Å². The average Bonchev–Trinajstić information content (AvgIpc) is 3.06. The first-order valence-corrected chi connectivity index (χ1v) is 11.8. The first kappa shape index (κ1) is 21.0. The number of hydrogen-bond donors (Lipinski definition) is 2. The minimum absolute atomic E-state index is 0.132. The standard InChI is InChI=1S/C25H33FN2O3/c1-16-6-5-7-17-14-21-22(23(29)25(16,17)2)18(24(30)31-21)15-27-10-12-28(13-11-27)20-9-4-3-8-19(20)26/h3-4,7-9,16,18,21-23,29H,5-6,10-15H2,1-2H3/p+1/t16-,18-,21-,22-,23-,25-/m1/s1. The molecule has 5 rings (SSSR count). The van der Waals surface area contributed by atoms with Gasteiger partial charge in [-0.1, -0.05) is 37.6 Å². The van der Waals surface area contributed by atoms with Gasteiger partial charge in [-0.3, -0.25) is 4.79 Å². The largest absolute Gasteiger partial charge is 0.461 e. The van der Waals surface area contributed by atoms with Crippen LogP contribution in [-0.2, 0) is 9.53 Å². The first-order valence-electron chi connectivity index (χ1n) is 11.8. The Morgan fingerprint density at radius 3 is 2.77 bits per heavy atom. The molecule has 0 amide bonds. The van der Waals surface area contributed by atoms with Crippen LogP contribution in [-0.4, -0.2) is 56.0 Å². The monoisotopic (exact) mass is 429 g/mol. The van der Waals surface area contributed by atoms with E-state index < -0.39 is 6.10 Å². The third-order valence-corrected chi connectivity index (χ3v) is 8.74. The van der Waals surface area contributed by atoms with E-state index in [0.29, 0.717) is 18.2 Å². The molecule has 6 heteroatoms. The maximum absolute atomic E-state index is 14.1. The highest BCUT2D eigenvalue weighted by molar-refractivity contribution is 5.76. The van der Waals surface area contributed by atoms with Gasteiger partial charge in [-0.2, -0.15) is 0 Å². The van der Waals surface area contributed by atoms with E-state index in [0.717, 1.165) is 45.4 Å². The van der Waals surface area contributed by atoms with Gasteiger partial charge in [-0.05, 0) is 30.9 Å². The first-order chi connectivity index (χ1) is 14.9. The van der Waals surface area contributed by atoms with E-state index in [1.165, 1.54) is 16.5 Å². The number of halogens is 1. The van der Waals surface area contributed by atoms with Crippen LogP contribution in [0, 0.1) is 29.0 Å². The van der Waals surface area contributed by atoms with E-state index in [-0.39, 0.29) is 35.1 Å². The molecule has 0 aromatic heterocycles. The van der Waals surface area contributed by atoms with Crippen LogP contribution in [0.3, 0.4) is 0 Å². The second kappa shape index (κ2) is 7.89. The van der Waals surface area contributed by atoms with Crippen molar-refractivity contribution < 1.29 is 23.9 Å². The van der Waals surface area contributed by atoms with Gasteiger partial charge in [0, 0.05) is 17.8 Å². The molecule has 0 radical (unpaired) electrons. The number of anilines is 1. The number of ether oxygens (including phenoxy) is 1. The molecule has 1 aromatic rings. The third kappa shape index (κ3) is 3.39. The fraction of sp³-hybridized carbons (Fsp3) is 0.640. The van der Waals surface area contributed by atoms with Crippen LogP contribution in [0.15, 0.2) is 35.9 Å². The number of rotatable bonds is 3. The molecule has 0 unspecified atom stereocenters. The van der Waals surface area contributed by atoms with Crippen LogP contribution in [0.25, 0.3) is 0 Å². The van der Waals surface area contributed by atoms with Crippen molar-refractivity contribution in [1.82, 2.24) is 0 Å². The Morgan fingerprint density at radius 1 is 1.29 bits per heavy atom. The normalized spacial score (nSPS) is 38.3. The molecule has 5 nitrogen and oxygen atoms in total. The molecule has 4 aliphatic rings. The number of aliphatic hydroxyl groups excluding tert-OH is 1. The summed E-state index contributed by atoms with van der Waals surface area (Å²) in [5.74, 6) is -0.322. The van der Waals surface area contributed by atoms with Gasteiger partial charge in [-0.25, -0.2) is 4.39 Å². The van der Waals surface area contributed by atoms with Crippen molar-refractivity contribution in [2.24, 2.45) is 23.2 Å². The number of piperazine rings is 1. The summed E-state index contributed by atoms with van der Waals surface area (Å²) in [5, 5.41) is 11.5. The zero-order valence-electron chi connectivity index (χ0n) is 18.5. The minimum Gasteiger partial charge on any atom is -0.461 e. The predicted octanol–water partition coefficient (Wildman–Crippen LogP) is 1.82. The lowest BCUT2D eigenvalue weighted by Gasteiger charge is -2.51. The van der Waals surface area contributed by atoms with Crippen molar-refractivity contribution in [3.63, 3.8) is 0 Å². The lowest BCUT2D eigenvalue weighted by Crippen LogP contribution is -3.15. The van der Waals surface area contributed by atoms with E-state index in [2.05, 4.69) is 24.8 Å². The molecular formula is C25H34FN2O3+. The second-order valence-electron chi connectivity index (χ2n) is 10.2. The molecule has 6 atom stereocenters. The number of carbonyl (C=O) groups excluding carboxylic acids is 1. The number of nitrogens with zero attached hydrogens (tertiary/aromatic N) is 1. The fourth-order valence-corrected chi connectivity index (χ4v) is 6.58. The van der Waals surface area contributed by atoms with Gasteiger partial charge in [0.25, 0.3) is 0 Å². The Morgan fingerprint density at radius 2 is 2.03 bits per heavy atom. The zero-order chi connectivity index (χ0) is 21.8. The van der Waals surface area contributed by atoms with Crippen LogP contribution in [0.4, 0.5) is 10.1 Å². The van der Waals surface area contributed by atoms with Gasteiger partial charge in [0.1, 0.15) is 17.8 Å². The molecule has 2 saturated heterocycles. The molecule has 0 bridgehead atoms. The smallest absolute Gasteiger partial charge is 0.315 e. The molecule has 1 aromatic carbocycles. The molecule has 2 heterocycles. The molecule has 2 aliphatic heterocycles. The summed E-state index contributed by atoms with van der Waals surface area (Å²) in [6, 6.07) is 6.91. The van der Waals surface area contributed by atoms with Crippen LogP contribution in [0.2, 0.25) is 0 Å². The third-order valence-electron chi connectivity index (χ3n) is 8.74. The molecule has 168 valence electrons. The number of fused-ring (bicyclic) bond motifs is 2. The number of allylic oxidation sites excluding steroid dienone is 1. The van der Waals surface area contributed by atoms with E-state index in [1.54, 1.807) is 6.07 Å². The molecule has 1 saturated carbocycles. The maximum Gasteiger partial charge on any atom is 0.315 e. The summed E-state index contributed by atoms with van der Waals surface area (Å²) < 4.78 is 20.0. The van der Waals surface area contributed by atoms with Crippen LogP contribution < -0.4 is 9.80 Å². The van der Waals surface area contributed by atoms with E-state index in [9.17, 15) is 14.3 Å². The number of para-hydroxylation sites is 1. The lowest BCUT2D eigenvalue weighted by molar-refractivity contribution is -0.903. The van der Waals surface area contributed by atoms with Crippen molar-refractivity contribution in [3.05, 3.63) is 41.7 Å². The topological polar surface area (TPSA) is 54.2 Å². The maximum atomic E-state index is 14.1. The number of carbonyl (C=O) groups is 1.